The van der Waals surface area contributed by atoms with Crippen LogP contribution < -0.4 is 5.32 Å². The number of halogens is 7. The number of alkyl halides is 7. The second-order valence-electron chi connectivity index (χ2n) is 7.65. The lowest BCUT2D eigenvalue weighted by Gasteiger charge is -2.33. The molecule has 9 heteroatoms. The highest BCUT2D eigenvalue weighted by atomic mass is 127. The first-order valence-corrected chi connectivity index (χ1v) is 12.2. The lowest BCUT2D eigenvalue weighted by Crippen LogP contribution is -2.38. The maximum Gasteiger partial charge on any atom is 0.416 e. The SMILES string of the molecule is CI.Cc1ccccc1[C@@H]1CCNC[C@H]1COCc1cc(C(F)(F)F)cc(C(F)(F)F)c1. The average Bonchev–Trinajstić information content (AvgIpc) is 2.75. The maximum atomic E-state index is 13.0. The van der Waals surface area contributed by atoms with Gasteiger partial charge < -0.3 is 10.1 Å². The number of hydrogen-bond donors (Lipinski definition) is 1. The minimum atomic E-state index is -4.86. The molecule has 0 aliphatic carbocycles. The van der Waals surface area contributed by atoms with Crippen LogP contribution in [0.25, 0.3) is 0 Å². The molecule has 0 amide bonds. The Bertz CT molecular complexity index is 836. The van der Waals surface area contributed by atoms with E-state index in [2.05, 4.69) is 34.0 Å². The summed E-state index contributed by atoms with van der Waals surface area (Å²) in [5.74, 6) is 0.299. The third-order valence-corrected chi connectivity index (χ3v) is 5.44. The fourth-order valence-corrected chi connectivity index (χ4v) is 3.94. The second kappa shape index (κ2) is 11.7. The van der Waals surface area contributed by atoms with Crippen LogP contribution in [0.5, 0.6) is 0 Å². The van der Waals surface area contributed by atoms with Crippen molar-refractivity contribution in [3.05, 3.63) is 70.3 Å². The molecule has 2 aromatic rings. The summed E-state index contributed by atoms with van der Waals surface area (Å²) in [5.41, 5.74) is -0.442. The molecular formula is C23H26F6INO. The van der Waals surface area contributed by atoms with E-state index in [-0.39, 0.29) is 36.7 Å². The second-order valence-corrected chi connectivity index (χ2v) is 7.65. The molecule has 3 rings (SSSR count). The minimum Gasteiger partial charge on any atom is -0.376 e. The number of piperidine rings is 1. The number of nitrogens with one attached hydrogen (secondary N) is 1. The lowest BCUT2D eigenvalue weighted by molar-refractivity contribution is -0.143. The Hall–Kier alpha value is -1.33. The van der Waals surface area contributed by atoms with Gasteiger partial charge in [0.15, 0.2) is 0 Å². The summed E-state index contributed by atoms with van der Waals surface area (Å²) in [5, 5.41) is 3.28. The van der Waals surface area contributed by atoms with Crippen molar-refractivity contribution in [2.75, 3.05) is 24.6 Å². The van der Waals surface area contributed by atoms with Gasteiger partial charge in [-0.2, -0.15) is 26.3 Å². The fourth-order valence-electron chi connectivity index (χ4n) is 3.94. The molecule has 1 aliphatic heterocycles. The van der Waals surface area contributed by atoms with E-state index >= 15 is 0 Å². The van der Waals surface area contributed by atoms with Crippen LogP contribution in [0.15, 0.2) is 42.5 Å². The van der Waals surface area contributed by atoms with Gasteiger partial charge in [0, 0.05) is 12.5 Å². The molecule has 0 unspecified atom stereocenters. The molecule has 1 saturated heterocycles. The zero-order valence-corrected chi connectivity index (χ0v) is 19.9. The summed E-state index contributed by atoms with van der Waals surface area (Å²) in [4.78, 5) is 1.97. The van der Waals surface area contributed by atoms with Crippen molar-refractivity contribution in [3.8, 4) is 0 Å². The molecule has 32 heavy (non-hydrogen) atoms. The first-order valence-electron chi connectivity index (χ1n) is 10.1. The van der Waals surface area contributed by atoms with Gasteiger partial charge in [-0.1, -0.05) is 46.9 Å². The normalized spacial score (nSPS) is 19.3. The van der Waals surface area contributed by atoms with E-state index < -0.39 is 23.5 Å². The van der Waals surface area contributed by atoms with E-state index in [1.165, 1.54) is 5.56 Å². The first-order chi connectivity index (χ1) is 15.1. The summed E-state index contributed by atoms with van der Waals surface area (Å²) < 4.78 is 83.7. The highest BCUT2D eigenvalue weighted by Gasteiger charge is 2.37. The van der Waals surface area contributed by atoms with E-state index in [9.17, 15) is 26.3 Å². The molecule has 2 nitrogen and oxygen atoms in total. The van der Waals surface area contributed by atoms with Crippen LogP contribution >= 0.6 is 22.6 Å². The predicted molar refractivity (Wildman–Crippen MR) is 121 cm³/mol. The third-order valence-electron chi connectivity index (χ3n) is 5.44. The smallest absolute Gasteiger partial charge is 0.376 e. The summed E-state index contributed by atoms with van der Waals surface area (Å²) >= 11 is 2.15. The fraction of sp³-hybridized carbons (Fsp3) is 0.478. The molecule has 2 aromatic carbocycles. The van der Waals surface area contributed by atoms with Gasteiger partial charge in [-0.05, 0) is 65.6 Å². The van der Waals surface area contributed by atoms with Gasteiger partial charge >= 0.3 is 12.4 Å². The molecule has 0 aromatic heterocycles. The first kappa shape index (κ1) is 26.9. The van der Waals surface area contributed by atoms with Crippen molar-refractivity contribution >= 4 is 22.6 Å². The van der Waals surface area contributed by atoms with Gasteiger partial charge in [-0.25, -0.2) is 0 Å². The van der Waals surface area contributed by atoms with Crippen LogP contribution in [0.2, 0.25) is 0 Å². The standard InChI is InChI=1S/C22H23F6NO.CH3I/c1-14-4-2-3-5-19(14)20-6-7-29-11-16(20)13-30-12-15-8-17(21(23,24)25)10-18(9-15)22(26,27)28;1-2/h2-5,8-10,16,20,29H,6-7,11-13H2,1H3;1H3/t16-,20+;/m0./s1. The van der Waals surface area contributed by atoms with Crippen molar-refractivity contribution in [2.24, 2.45) is 5.92 Å². The topological polar surface area (TPSA) is 21.3 Å². The van der Waals surface area contributed by atoms with Crippen LogP contribution in [0, 0.1) is 12.8 Å². The number of aryl methyl sites for hydroxylation is 1. The van der Waals surface area contributed by atoms with Crippen molar-refractivity contribution < 1.29 is 31.1 Å². The molecule has 0 saturated carbocycles. The van der Waals surface area contributed by atoms with Crippen molar-refractivity contribution in [1.82, 2.24) is 5.32 Å². The van der Waals surface area contributed by atoms with Crippen molar-refractivity contribution in [1.29, 1.82) is 0 Å². The molecular weight excluding hydrogens is 547 g/mol. The van der Waals surface area contributed by atoms with Gasteiger partial charge in [0.1, 0.15) is 0 Å². The van der Waals surface area contributed by atoms with Crippen LogP contribution in [-0.2, 0) is 23.7 Å². The summed E-state index contributed by atoms with van der Waals surface area (Å²) in [6.45, 7) is 3.47. The highest BCUT2D eigenvalue weighted by molar-refractivity contribution is 14.1. The van der Waals surface area contributed by atoms with Crippen molar-refractivity contribution in [3.63, 3.8) is 0 Å². The molecule has 1 heterocycles. The molecule has 1 N–H and O–H groups in total. The van der Waals surface area contributed by atoms with Gasteiger partial charge in [0.05, 0.1) is 24.3 Å². The largest absolute Gasteiger partial charge is 0.416 e. The highest BCUT2D eigenvalue weighted by Crippen LogP contribution is 2.37. The number of hydrogen-bond acceptors (Lipinski definition) is 2. The van der Waals surface area contributed by atoms with Gasteiger partial charge in [-0.15, -0.1) is 0 Å². The lowest BCUT2D eigenvalue weighted by atomic mass is 9.80. The van der Waals surface area contributed by atoms with Gasteiger partial charge in [0.25, 0.3) is 0 Å². The zero-order valence-electron chi connectivity index (χ0n) is 17.8. The monoisotopic (exact) mass is 573 g/mol. The Labute approximate surface area is 197 Å². The number of ether oxygens (including phenoxy) is 1. The molecule has 2 atom stereocenters. The molecule has 0 radical (unpaired) electrons. The molecule has 0 bridgehead atoms. The molecule has 0 spiro atoms. The van der Waals surface area contributed by atoms with Crippen LogP contribution in [0.3, 0.4) is 0 Å². The van der Waals surface area contributed by atoms with Crippen LogP contribution in [0.4, 0.5) is 26.3 Å². The van der Waals surface area contributed by atoms with E-state index in [0.29, 0.717) is 18.7 Å². The Morgan fingerprint density at radius 3 is 2.12 bits per heavy atom. The Balaban J connectivity index is 0.00000176. The summed E-state index contributed by atoms with van der Waals surface area (Å²) in [6.07, 6.45) is -8.83. The minimum absolute atomic E-state index is 0.0766. The summed E-state index contributed by atoms with van der Waals surface area (Å²) in [6, 6.07) is 9.56. The van der Waals surface area contributed by atoms with E-state index in [1.807, 2.05) is 30.1 Å². The molecule has 1 fully saturated rings. The van der Waals surface area contributed by atoms with Crippen LogP contribution in [0.1, 0.15) is 40.2 Å². The number of rotatable bonds is 5. The quantitative estimate of drug-likeness (QED) is 0.237. The van der Waals surface area contributed by atoms with E-state index in [1.54, 1.807) is 0 Å². The van der Waals surface area contributed by atoms with E-state index in [0.717, 1.165) is 18.5 Å². The predicted octanol–water partition coefficient (Wildman–Crippen LogP) is 6.99. The molecule has 178 valence electrons. The maximum absolute atomic E-state index is 13.0. The Morgan fingerprint density at radius 2 is 1.56 bits per heavy atom. The summed E-state index contributed by atoms with van der Waals surface area (Å²) in [7, 11) is 0. The average molecular weight is 573 g/mol. The van der Waals surface area contributed by atoms with Crippen molar-refractivity contribution in [2.45, 2.75) is 38.2 Å². The number of benzene rings is 2. The Kier molecular flexibility index (Phi) is 9.84. The Morgan fingerprint density at radius 1 is 0.969 bits per heavy atom. The van der Waals surface area contributed by atoms with Gasteiger partial charge in [-0.3, -0.25) is 0 Å². The van der Waals surface area contributed by atoms with Gasteiger partial charge in [0.2, 0.25) is 0 Å². The zero-order chi connectivity index (χ0) is 23.9. The molecule has 1 aliphatic rings. The third kappa shape index (κ3) is 7.34. The van der Waals surface area contributed by atoms with E-state index in [4.69, 9.17) is 4.74 Å². The van der Waals surface area contributed by atoms with Crippen LogP contribution in [-0.4, -0.2) is 24.6 Å².